The van der Waals surface area contributed by atoms with Crippen LogP contribution in [0, 0.1) is 6.92 Å². The van der Waals surface area contributed by atoms with Crippen LogP contribution in [0.3, 0.4) is 0 Å². The number of rotatable bonds is 2. The molecule has 0 aliphatic heterocycles. The molecule has 2 aromatic heterocycles. The van der Waals surface area contributed by atoms with Crippen molar-refractivity contribution >= 4 is 27.3 Å². The van der Waals surface area contributed by atoms with Gasteiger partial charge >= 0.3 is 0 Å². The molecule has 1 N–H and O–H groups in total. The Morgan fingerprint density at radius 1 is 1.41 bits per heavy atom. The Bertz CT molecular complexity index is 601. The molecule has 0 fully saturated rings. The Kier molecular flexibility index (Phi) is 3.49. The summed E-state index contributed by atoms with van der Waals surface area (Å²) in [5.74, 6) is 0.836. The number of thiophene rings is 1. The van der Waals surface area contributed by atoms with Crippen molar-refractivity contribution in [2.24, 2.45) is 0 Å². The first-order chi connectivity index (χ1) is 7.99. The summed E-state index contributed by atoms with van der Waals surface area (Å²) in [7, 11) is 0. The van der Waals surface area contributed by atoms with Gasteiger partial charge in [-0.1, -0.05) is 13.8 Å². The highest BCUT2D eigenvalue weighted by Gasteiger charge is 2.13. The SMILES string of the molecule is Cc1nc(-c2ccc(Br)s2)[nH]c(=O)c1C(C)C. The van der Waals surface area contributed by atoms with Crippen LogP contribution in [0.5, 0.6) is 0 Å². The molecule has 0 saturated heterocycles. The van der Waals surface area contributed by atoms with Crippen LogP contribution in [-0.4, -0.2) is 9.97 Å². The van der Waals surface area contributed by atoms with Crippen LogP contribution in [0.25, 0.3) is 10.7 Å². The van der Waals surface area contributed by atoms with Gasteiger partial charge in [-0.2, -0.15) is 0 Å². The van der Waals surface area contributed by atoms with Gasteiger partial charge in [-0.15, -0.1) is 11.3 Å². The van der Waals surface area contributed by atoms with Crippen LogP contribution < -0.4 is 5.56 Å². The first kappa shape index (κ1) is 12.5. The highest BCUT2D eigenvalue weighted by molar-refractivity contribution is 9.11. The smallest absolute Gasteiger partial charge is 0.254 e. The number of aromatic amines is 1. The lowest BCUT2D eigenvalue weighted by Gasteiger charge is -2.08. The van der Waals surface area contributed by atoms with E-state index in [4.69, 9.17) is 0 Å². The summed E-state index contributed by atoms with van der Waals surface area (Å²) in [5, 5.41) is 0. The molecule has 0 aliphatic rings. The van der Waals surface area contributed by atoms with Crippen molar-refractivity contribution in [3.63, 3.8) is 0 Å². The second-order valence-electron chi connectivity index (χ2n) is 4.17. The molecule has 0 atom stereocenters. The third kappa shape index (κ3) is 2.50. The third-order valence-electron chi connectivity index (χ3n) is 2.53. The molecule has 0 unspecified atom stereocenters. The maximum Gasteiger partial charge on any atom is 0.254 e. The molecule has 0 spiro atoms. The minimum absolute atomic E-state index is 0.0352. The topological polar surface area (TPSA) is 45.8 Å². The maximum atomic E-state index is 12.0. The Hall–Kier alpha value is -0.940. The molecule has 5 heteroatoms. The minimum atomic E-state index is -0.0352. The average molecular weight is 313 g/mol. The number of hydrogen-bond donors (Lipinski definition) is 1. The average Bonchev–Trinajstić information content (AvgIpc) is 2.63. The van der Waals surface area contributed by atoms with E-state index in [1.54, 1.807) is 11.3 Å². The molecule has 0 radical (unpaired) electrons. The zero-order chi connectivity index (χ0) is 12.6. The second-order valence-corrected chi connectivity index (χ2v) is 6.64. The molecule has 0 bridgehead atoms. The van der Waals surface area contributed by atoms with Gasteiger partial charge in [0.2, 0.25) is 0 Å². The molecule has 0 saturated carbocycles. The van der Waals surface area contributed by atoms with E-state index < -0.39 is 0 Å². The van der Waals surface area contributed by atoms with E-state index in [-0.39, 0.29) is 11.5 Å². The largest absolute Gasteiger partial charge is 0.306 e. The molecular weight excluding hydrogens is 300 g/mol. The first-order valence-corrected chi connectivity index (χ1v) is 6.96. The summed E-state index contributed by atoms with van der Waals surface area (Å²) < 4.78 is 1.03. The van der Waals surface area contributed by atoms with Crippen molar-refractivity contribution in [3.8, 4) is 10.7 Å². The second kappa shape index (κ2) is 4.74. The van der Waals surface area contributed by atoms with Crippen LogP contribution >= 0.6 is 27.3 Å². The molecule has 17 heavy (non-hydrogen) atoms. The zero-order valence-electron chi connectivity index (χ0n) is 9.87. The summed E-state index contributed by atoms with van der Waals surface area (Å²) >= 11 is 4.96. The van der Waals surface area contributed by atoms with Crippen molar-refractivity contribution in [1.82, 2.24) is 9.97 Å². The predicted molar refractivity (Wildman–Crippen MR) is 74.7 cm³/mol. The summed E-state index contributed by atoms with van der Waals surface area (Å²) in [4.78, 5) is 20.3. The first-order valence-electron chi connectivity index (χ1n) is 5.35. The van der Waals surface area contributed by atoms with Crippen LogP contribution in [0.1, 0.15) is 31.0 Å². The Labute approximate surface area is 112 Å². The van der Waals surface area contributed by atoms with E-state index in [2.05, 4.69) is 25.9 Å². The van der Waals surface area contributed by atoms with Crippen LogP contribution in [-0.2, 0) is 0 Å². The monoisotopic (exact) mass is 312 g/mol. The number of nitrogens with zero attached hydrogens (tertiary/aromatic N) is 1. The van der Waals surface area contributed by atoms with Gasteiger partial charge in [0.25, 0.3) is 5.56 Å². The summed E-state index contributed by atoms with van der Waals surface area (Å²) in [6.07, 6.45) is 0. The van der Waals surface area contributed by atoms with Crippen molar-refractivity contribution < 1.29 is 0 Å². The molecule has 2 heterocycles. The summed E-state index contributed by atoms with van der Waals surface area (Å²) in [6, 6.07) is 3.90. The van der Waals surface area contributed by atoms with Gasteiger partial charge in [-0.25, -0.2) is 4.98 Å². The molecule has 0 aliphatic carbocycles. The van der Waals surface area contributed by atoms with E-state index in [0.29, 0.717) is 5.82 Å². The number of hydrogen-bond acceptors (Lipinski definition) is 3. The van der Waals surface area contributed by atoms with E-state index >= 15 is 0 Å². The standard InChI is InChI=1S/C12H13BrN2OS/c1-6(2)10-7(3)14-11(15-12(10)16)8-4-5-9(13)17-8/h4-6H,1-3H3,(H,14,15,16). The van der Waals surface area contributed by atoms with E-state index in [1.807, 2.05) is 32.9 Å². The van der Waals surface area contributed by atoms with Crippen LogP contribution in [0.2, 0.25) is 0 Å². The van der Waals surface area contributed by atoms with Crippen molar-refractivity contribution in [1.29, 1.82) is 0 Å². The summed E-state index contributed by atoms with van der Waals surface area (Å²) in [5.41, 5.74) is 1.54. The van der Waals surface area contributed by atoms with Crippen molar-refractivity contribution in [3.05, 3.63) is 37.5 Å². The Balaban J connectivity index is 2.57. The maximum absolute atomic E-state index is 12.0. The van der Waals surface area contributed by atoms with E-state index in [1.165, 1.54) is 0 Å². The molecule has 90 valence electrons. The van der Waals surface area contributed by atoms with Crippen molar-refractivity contribution in [2.75, 3.05) is 0 Å². The van der Waals surface area contributed by atoms with Gasteiger partial charge in [0.15, 0.2) is 5.82 Å². The van der Waals surface area contributed by atoms with Crippen molar-refractivity contribution in [2.45, 2.75) is 26.7 Å². The van der Waals surface area contributed by atoms with Gasteiger partial charge < -0.3 is 4.98 Å². The minimum Gasteiger partial charge on any atom is -0.306 e. The molecule has 2 rings (SSSR count). The highest BCUT2D eigenvalue weighted by atomic mass is 79.9. The number of H-pyrrole nitrogens is 1. The summed E-state index contributed by atoms with van der Waals surface area (Å²) in [6.45, 7) is 5.89. The quantitative estimate of drug-likeness (QED) is 0.919. The van der Waals surface area contributed by atoms with Gasteiger partial charge in [0, 0.05) is 11.3 Å². The third-order valence-corrected chi connectivity index (χ3v) is 4.16. The lowest BCUT2D eigenvalue weighted by molar-refractivity contribution is 0.815. The Morgan fingerprint density at radius 2 is 2.12 bits per heavy atom. The number of aromatic nitrogens is 2. The number of nitrogens with one attached hydrogen (secondary N) is 1. The van der Waals surface area contributed by atoms with Gasteiger partial charge in [-0.3, -0.25) is 4.79 Å². The lowest BCUT2D eigenvalue weighted by atomic mass is 10.0. The fourth-order valence-corrected chi connectivity index (χ4v) is 3.16. The van der Waals surface area contributed by atoms with Gasteiger partial charge in [0.05, 0.1) is 8.66 Å². The van der Waals surface area contributed by atoms with Crippen LogP contribution in [0.4, 0.5) is 0 Å². The van der Waals surface area contributed by atoms with E-state index in [9.17, 15) is 4.79 Å². The molecule has 0 amide bonds. The van der Waals surface area contributed by atoms with Gasteiger partial charge in [-0.05, 0) is 40.9 Å². The van der Waals surface area contributed by atoms with Crippen LogP contribution in [0.15, 0.2) is 20.7 Å². The number of halogens is 1. The Morgan fingerprint density at radius 3 is 2.59 bits per heavy atom. The molecular formula is C12H13BrN2OS. The normalized spacial score (nSPS) is 11.1. The molecule has 3 nitrogen and oxygen atoms in total. The predicted octanol–water partition coefficient (Wildman–Crippen LogP) is 3.69. The fourth-order valence-electron chi connectivity index (χ4n) is 1.83. The molecule has 0 aromatic carbocycles. The van der Waals surface area contributed by atoms with E-state index in [0.717, 1.165) is 19.9 Å². The van der Waals surface area contributed by atoms with Gasteiger partial charge in [0.1, 0.15) is 0 Å². The molecule has 2 aromatic rings. The number of aryl methyl sites for hydroxylation is 1. The lowest BCUT2D eigenvalue weighted by Crippen LogP contribution is -2.18. The fraction of sp³-hybridized carbons (Fsp3) is 0.333. The highest BCUT2D eigenvalue weighted by Crippen LogP contribution is 2.29. The zero-order valence-corrected chi connectivity index (χ0v) is 12.3.